The third-order valence-corrected chi connectivity index (χ3v) is 4.52. The molecule has 0 radical (unpaired) electrons. The first-order valence-electron chi connectivity index (χ1n) is 8.83. The van der Waals surface area contributed by atoms with Crippen molar-refractivity contribution in [3.8, 4) is 5.75 Å². The fourth-order valence-electron chi connectivity index (χ4n) is 3.13. The van der Waals surface area contributed by atoms with Crippen molar-refractivity contribution >= 4 is 17.5 Å². The average molecular weight is 375 g/mol. The second-order valence-corrected chi connectivity index (χ2v) is 6.46. The monoisotopic (exact) mass is 375 g/mol. The number of amides is 1. The van der Waals surface area contributed by atoms with Gasteiger partial charge in [-0.05, 0) is 36.4 Å². The fourth-order valence-corrected chi connectivity index (χ4v) is 3.13. The van der Waals surface area contributed by atoms with Gasteiger partial charge in [0.05, 0.1) is 18.4 Å². The highest BCUT2D eigenvalue weighted by Gasteiger charge is 2.22. The van der Waals surface area contributed by atoms with Gasteiger partial charge in [0, 0.05) is 23.1 Å². The maximum atomic E-state index is 13.0. The summed E-state index contributed by atoms with van der Waals surface area (Å²) in [5, 5.41) is 2.75. The quantitative estimate of drug-likeness (QED) is 0.693. The zero-order chi connectivity index (χ0) is 19.5. The topological polar surface area (TPSA) is 85.6 Å². The normalized spacial score (nSPS) is 12.8. The molecule has 1 amide bonds. The lowest BCUT2D eigenvalue weighted by atomic mass is 9.95. The van der Waals surface area contributed by atoms with Crippen LogP contribution in [0, 0.1) is 0 Å². The lowest BCUT2D eigenvalue weighted by Crippen LogP contribution is -2.25. The third kappa shape index (κ3) is 3.57. The van der Waals surface area contributed by atoms with Gasteiger partial charge in [-0.3, -0.25) is 14.4 Å². The molecule has 6 heteroatoms. The molecule has 2 heterocycles. The molecule has 0 bridgehead atoms. The summed E-state index contributed by atoms with van der Waals surface area (Å²) < 4.78 is 10.6. The third-order valence-electron chi connectivity index (χ3n) is 4.52. The SMILES string of the molecule is O=C1COc2ccc(C(=O)c3ccccc3C(=O)NCc3ccco3)cc2C1. The molecule has 140 valence electrons. The van der Waals surface area contributed by atoms with Gasteiger partial charge < -0.3 is 14.5 Å². The number of rotatable bonds is 5. The van der Waals surface area contributed by atoms with Crippen molar-refractivity contribution in [1.82, 2.24) is 5.32 Å². The Labute approximate surface area is 161 Å². The van der Waals surface area contributed by atoms with Gasteiger partial charge in [-0.15, -0.1) is 0 Å². The van der Waals surface area contributed by atoms with Crippen molar-refractivity contribution in [3.63, 3.8) is 0 Å². The van der Waals surface area contributed by atoms with Crippen molar-refractivity contribution in [3.05, 3.63) is 88.9 Å². The van der Waals surface area contributed by atoms with E-state index in [2.05, 4.69) is 5.32 Å². The van der Waals surface area contributed by atoms with Crippen molar-refractivity contribution in [2.75, 3.05) is 6.61 Å². The van der Waals surface area contributed by atoms with Gasteiger partial charge in [-0.25, -0.2) is 0 Å². The number of Topliss-reactive ketones (excluding diaryl/α,β-unsaturated/α-hetero) is 1. The van der Waals surface area contributed by atoms with Crippen LogP contribution in [0.15, 0.2) is 65.3 Å². The van der Waals surface area contributed by atoms with E-state index in [1.807, 2.05) is 0 Å². The van der Waals surface area contributed by atoms with Crippen LogP contribution in [-0.4, -0.2) is 24.1 Å². The minimum absolute atomic E-state index is 0.0326. The van der Waals surface area contributed by atoms with E-state index in [1.165, 1.54) is 6.26 Å². The molecule has 1 aliphatic heterocycles. The summed E-state index contributed by atoms with van der Waals surface area (Å²) in [7, 11) is 0. The smallest absolute Gasteiger partial charge is 0.252 e. The molecule has 0 saturated heterocycles. The zero-order valence-corrected chi connectivity index (χ0v) is 14.9. The molecule has 6 nitrogen and oxygen atoms in total. The van der Waals surface area contributed by atoms with Crippen molar-refractivity contribution in [2.24, 2.45) is 0 Å². The number of benzene rings is 2. The van der Waals surface area contributed by atoms with Crippen molar-refractivity contribution < 1.29 is 23.5 Å². The molecule has 0 atom stereocenters. The number of hydrogen-bond donors (Lipinski definition) is 1. The highest BCUT2D eigenvalue weighted by atomic mass is 16.5. The van der Waals surface area contributed by atoms with Crippen LogP contribution >= 0.6 is 0 Å². The van der Waals surface area contributed by atoms with Gasteiger partial charge in [0.25, 0.3) is 5.91 Å². The predicted octanol–water partition coefficient (Wildman–Crippen LogP) is 2.94. The Balaban J connectivity index is 1.59. The minimum Gasteiger partial charge on any atom is -0.486 e. The van der Waals surface area contributed by atoms with Gasteiger partial charge in [0.15, 0.2) is 11.6 Å². The lowest BCUT2D eigenvalue weighted by Gasteiger charge is -2.17. The van der Waals surface area contributed by atoms with E-state index in [1.54, 1.807) is 54.6 Å². The number of hydrogen-bond acceptors (Lipinski definition) is 5. The Hall–Kier alpha value is -3.67. The van der Waals surface area contributed by atoms with E-state index >= 15 is 0 Å². The summed E-state index contributed by atoms with van der Waals surface area (Å²) in [5.41, 5.74) is 1.66. The molecule has 0 saturated carbocycles. The van der Waals surface area contributed by atoms with Crippen LogP contribution in [0.1, 0.15) is 37.6 Å². The fraction of sp³-hybridized carbons (Fsp3) is 0.136. The van der Waals surface area contributed by atoms with Crippen LogP contribution in [0.2, 0.25) is 0 Å². The molecule has 3 aromatic rings. The van der Waals surface area contributed by atoms with Gasteiger partial charge >= 0.3 is 0 Å². The summed E-state index contributed by atoms with van der Waals surface area (Å²) in [6.45, 7) is 0.283. The lowest BCUT2D eigenvalue weighted by molar-refractivity contribution is -0.121. The first-order valence-corrected chi connectivity index (χ1v) is 8.83. The van der Waals surface area contributed by atoms with Gasteiger partial charge in [-0.2, -0.15) is 0 Å². The van der Waals surface area contributed by atoms with Crippen LogP contribution in [0.4, 0.5) is 0 Å². The van der Waals surface area contributed by atoms with Crippen LogP contribution < -0.4 is 10.1 Å². The molecule has 1 aromatic heterocycles. The Morgan fingerprint density at radius 3 is 2.61 bits per heavy atom. The van der Waals surface area contributed by atoms with E-state index in [9.17, 15) is 14.4 Å². The highest BCUT2D eigenvalue weighted by Crippen LogP contribution is 2.26. The summed E-state index contributed by atoms with van der Waals surface area (Å²) in [4.78, 5) is 37.3. The second-order valence-electron chi connectivity index (χ2n) is 6.46. The van der Waals surface area contributed by atoms with E-state index in [4.69, 9.17) is 9.15 Å². The predicted molar refractivity (Wildman–Crippen MR) is 100 cm³/mol. The summed E-state index contributed by atoms with van der Waals surface area (Å²) in [6, 6.07) is 15.1. The van der Waals surface area contributed by atoms with Gasteiger partial charge in [0.2, 0.25) is 0 Å². The van der Waals surface area contributed by atoms with E-state index in [0.717, 1.165) is 0 Å². The summed E-state index contributed by atoms with van der Waals surface area (Å²) in [5.74, 6) is 0.549. The Morgan fingerprint density at radius 1 is 1.00 bits per heavy atom. The number of nitrogens with one attached hydrogen (secondary N) is 1. The van der Waals surface area contributed by atoms with E-state index in [0.29, 0.717) is 28.2 Å². The number of carbonyl (C=O) groups is 3. The molecular weight excluding hydrogens is 358 g/mol. The number of ether oxygens (including phenoxy) is 1. The standard InChI is InChI=1S/C22H17NO5/c24-16-11-15-10-14(7-8-20(15)28-13-16)21(25)18-5-1-2-6-19(18)22(26)23-12-17-4-3-9-27-17/h1-10H,11-13H2,(H,23,26). The summed E-state index contributed by atoms with van der Waals surface area (Å²) >= 11 is 0. The molecule has 0 fully saturated rings. The minimum atomic E-state index is -0.364. The molecule has 4 rings (SSSR count). The second kappa shape index (κ2) is 7.52. The summed E-state index contributed by atoms with van der Waals surface area (Å²) in [6.07, 6.45) is 1.77. The molecule has 0 unspecified atom stereocenters. The van der Waals surface area contributed by atoms with Crippen LogP contribution in [-0.2, 0) is 17.8 Å². The van der Waals surface area contributed by atoms with Crippen molar-refractivity contribution in [1.29, 1.82) is 0 Å². The Bertz CT molecular complexity index is 1050. The van der Waals surface area contributed by atoms with Gasteiger partial charge in [0.1, 0.15) is 18.1 Å². The average Bonchev–Trinajstić information content (AvgIpc) is 3.24. The molecule has 1 aliphatic rings. The number of fused-ring (bicyclic) bond motifs is 1. The molecular formula is C22H17NO5. The first kappa shape index (κ1) is 17.7. The molecule has 2 aromatic carbocycles. The van der Waals surface area contributed by atoms with E-state index < -0.39 is 0 Å². The zero-order valence-electron chi connectivity index (χ0n) is 14.9. The first-order chi connectivity index (χ1) is 13.6. The number of carbonyl (C=O) groups excluding carboxylic acids is 3. The maximum absolute atomic E-state index is 13.0. The van der Waals surface area contributed by atoms with Crippen molar-refractivity contribution in [2.45, 2.75) is 13.0 Å². The van der Waals surface area contributed by atoms with Crippen LogP contribution in [0.5, 0.6) is 5.75 Å². The highest BCUT2D eigenvalue weighted by molar-refractivity contribution is 6.15. The van der Waals surface area contributed by atoms with Crippen LogP contribution in [0.3, 0.4) is 0 Å². The van der Waals surface area contributed by atoms with E-state index in [-0.39, 0.29) is 42.6 Å². The largest absolute Gasteiger partial charge is 0.486 e. The van der Waals surface area contributed by atoms with Gasteiger partial charge in [-0.1, -0.05) is 18.2 Å². The molecule has 0 aliphatic carbocycles. The molecule has 0 spiro atoms. The Kier molecular flexibility index (Phi) is 4.76. The number of ketones is 2. The molecule has 28 heavy (non-hydrogen) atoms. The van der Waals surface area contributed by atoms with Crippen LogP contribution in [0.25, 0.3) is 0 Å². The maximum Gasteiger partial charge on any atom is 0.252 e. The molecule has 1 N–H and O–H groups in total. The number of furan rings is 1. The Morgan fingerprint density at radius 2 is 1.82 bits per heavy atom.